The standard InChI is InChI=1S/C25H34F2N4O6/c26-19-8-9-22(31(35)15-19)28-24(33)21-12-20(27)14-30(21)25(34)18(11-17-5-1-2-6-17)13-29(16-32)37-23-7-3-4-10-36-23/h8-9,15-18,20-21,23H,1-7,10-14H2,(H,28,33)/t18-,20-,21+,23?/m1/s1. The average Bonchev–Trinajstić information content (AvgIpc) is 3.54. The van der Waals surface area contributed by atoms with Crippen LogP contribution in [0.1, 0.15) is 57.8 Å². The van der Waals surface area contributed by atoms with E-state index >= 15 is 0 Å². The average molecular weight is 525 g/mol. The second kappa shape index (κ2) is 12.6. The van der Waals surface area contributed by atoms with E-state index in [-0.39, 0.29) is 36.0 Å². The molecule has 37 heavy (non-hydrogen) atoms. The van der Waals surface area contributed by atoms with Crippen LogP contribution in [0.25, 0.3) is 0 Å². The summed E-state index contributed by atoms with van der Waals surface area (Å²) in [6, 6.07) is 0.969. The number of hydrogen-bond donors (Lipinski definition) is 1. The second-order valence-electron chi connectivity index (χ2n) is 10.1. The molecule has 2 saturated heterocycles. The minimum Gasteiger partial charge on any atom is -0.711 e. The largest absolute Gasteiger partial charge is 0.711 e. The Hall–Kier alpha value is -2.86. The van der Waals surface area contributed by atoms with Gasteiger partial charge in [0.05, 0.1) is 19.0 Å². The van der Waals surface area contributed by atoms with Gasteiger partial charge in [0.2, 0.25) is 12.3 Å². The number of rotatable bonds is 10. The maximum Gasteiger partial charge on any atom is 0.330 e. The van der Waals surface area contributed by atoms with Crippen LogP contribution in [-0.4, -0.2) is 66.4 Å². The first-order chi connectivity index (χ1) is 17.8. The minimum absolute atomic E-state index is 0.0427. The smallest absolute Gasteiger partial charge is 0.330 e. The van der Waals surface area contributed by atoms with Crippen molar-refractivity contribution in [3.8, 4) is 0 Å². The third-order valence-corrected chi connectivity index (χ3v) is 7.32. The lowest BCUT2D eigenvalue weighted by Crippen LogP contribution is -2.49. The number of amides is 3. The highest BCUT2D eigenvalue weighted by molar-refractivity contribution is 5.97. The molecule has 1 aromatic rings. The van der Waals surface area contributed by atoms with Crippen LogP contribution in [0.5, 0.6) is 0 Å². The lowest BCUT2D eigenvalue weighted by atomic mass is 9.91. The van der Waals surface area contributed by atoms with Crippen LogP contribution in [0.15, 0.2) is 18.3 Å². The number of hydroxylamine groups is 2. The molecule has 1 aliphatic carbocycles. The van der Waals surface area contributed by atoms with Gasteiger partial charge in [-0.3, -0.25) is 9.59 Å². The highest BCUT2D eigenvalue weighted by atomic mass is 19.1. The molecule has 1 saturated carbocycles. The van der Waals surface area contributed by atoms with Crippen LogP contribution in [0.4, 0.5) is 14.6 Å². The normalized spacial score (nSPS) is 25.1. The molecule has 1 N–H and O–H groups in total. The van der Waals surface area contributed by atoms with E-state index in [0.29, 0.717) is 32.1 Å². The Morgan fingerprint density at radius 1 is 1.27 bits per heavy atom. The Kier molecular flexibility index (Phi) is 9.25. The molecule has 204 valence electrons. The Morgan fingerprint density at radius 3 is 2.70 bits per heavy atom. The maximum absolute atomic E-state index is 14.5. The third kappa shape index (κ3) is 7.13. The summed E-state index contributed by atoms with van der Waals surface area (Å²) < 4.78 is 33.5. The molecule has 3 heterocycles. The fourth-order valence-corrected chi connectivity index (χ4v) is 5.45. The van der Waals surface area contributed by atoms with E-state index in [1.807, 2.05) is 0 Å². The van der Waals surface area contributed by atoms with Gasteiger partial charge in [-0.25, -0.2) is 33.5 Å². The number of carbonyl (C=O) groups is 3. The van der Waals surface area contributed by atoms with E-state index in [1.165, 1.54) is 4.90 Å². The van der Waals surface area contributed by atoms with Gasteiger partial charge in [0.1, 0.15) is 18.4 Å². The zero-order chi connectivity index (χ0) is 26.4. The van der Waals surface area contributed by atoms with E-state index in [4.69, 9.17) is 9.57 Å². The predicted octanol–water partition coefficient (Wildman–Crippen LogP) is 2.45. The minimum atomic E-state index is -1.42. The maximum atomic E-state index is 14.5. The quantitative estimate of drug-likeness (QED) is 0.218. The molecule has 4 atom stereocenters. The monoisotopic (exact) mass is 524 g/mol. The van der Waals surface area contributed by atoms with Gasteiger partial charge in [-0.2, -0.15) is 0 Å². The Labute approximate surface area is 214 Å². The predicted molar refractivity (Wildman–Crippen MR) is 127 cm³/mol. The number of aromatic nitrogens is 1. The number of alkyl halides is 1. The SMILES string of the molecule is O=CN(C[C@@H](CC1CCCC1)C(=O)N1C[C@H](F)C[C@H]1C(=O)Nc1ccc(F)c[n+]1[O-])OC1CCCCO1. The summed E-state index contributed by atoms with van der Waals surface area (Å²) in [7, 11) is 0. The van der Waals surface area contributed by atoms with Crippen molar-refractivity contribution in [1.29, 1.82) is 0 Å². The number of anilines is 1. The lowest BCUT2D eigenvalue weighted by Gasteiger charge is -2.32. The topological polar surface area (TPSA) is 115 Å². The summed E-state index contributed by atoms with van der Waals surface area (Å²) in [5, 5.41) is 15.4. The lowest BCUT2D eigenvalue weighted by molar-refractivity contribution is -0.591. The number of pyridine rings is 1. The summed E-state index contributed by atoms with van der Waals surface area (Å²) in [5.74, 6) is -2.60. The van der Waals surface area contributed by atoms with Gasteiger partial charge in [-0.1, -0.05) is 25.7 Å². The molecule has 3 amide bonds. The number of hydrogen-bond acceptors (Lipinski definition) is 6. The van der Waals surface area contributed by atoms with Crippen LogP contribution in [0, 0.1) is 22.9 Å². The van der Waals surface area contributed by atoms with Crippen molar-refractivity contribution in [2.24, 2.45) is 11.8 Å². The zero-order valence-electron chi connectivity index (χ0n) is 20.7. The number of likely N-dealkylation sites (tertiary alicyclic amines) is 1. The van der Waals surface area contributed by atoms with Crippen molar-refractivity contribution in [2.45, 2.75) is 76.3 Å². The van der Waals surface area contributed by atoms with Crippen molar-refractivity contribution < 1.29 is 37.5 Å². The molecular weight excluding hydrogens is 490 g/mol. The number of halogens is 2. The van der Waals surface area contributed by atoms with Crippen molar-refractivity contribution in [1.82, 2.24) is 9.96 Å². The van der Waals surface area contributed by atoms with Gasteiger partial charge < -0.3 is 14.8 Å². The fraction of sp³-hybridized carbons (Fsp3) is 0.680. The fourth-order valence-electron chi connectivity index (χ4n) is 5.45. The first-order valence-electron chi connectivity index (χ1n) is 13.0. The molecule has 10 nitrogen and oxygen atoms in total. The summed E-state index contributed by atoms with van der Waals surface area (Å²) in [4.78, 5) is 45.4. The molecular formula is C25H34F2N4O6. The van der Waals surface area contributed by atoms with E-state index in [2.05, 4.69) is 5.32 Å². The van der Waals surface area contributed by atoms with Crippen molar-refractivity contribution in [3.63, 3.8) is 0 Å². The van der Waals surface area contributed by atoms with Gasteiger partial charge in [-0.05, 0) is 31.2 Å². The molecule has 0 aromatic carbocycles. The van der Waals surface area contributed by atoms with Crippen molar-refractivity contribution in [3.05, 3.63) is 29.4 Å². The van der Waals surface area contributed by atoms with Crippen molar-refractivity contribution in [2.75, 3.05) is 25.0 Å². The third-order valence-electron chi connectivity index (χ3n) is 7.32. The number of carbonyl (C=O) groups excluding carboxylic acids is 3. The number of nitrogens with zero attached hydrogens (tertiary/aromatic N) is 3. The summed E-state index contributed by atoms with van der Waals surface area (Å²) in [6.07, 6.45) is 5.92. The molecule has 1 unspecified atom stereocenters. The molecule has 12 heteroatoms. The second-order valence-corrected chi connectivity index (χ2v) is 10.1. The van der Waals surface area contributed by atoms with Gasteiger partial charge in [0, 0.05) is 25.5 Å². The highest BCUT2D eigenvalue weighted by Crippen LogP contribution is 2.33. The van der Waals surface area contributed by atoms with E-state index in [0.717, 1.165) is 55.7 Å². The van der Waals surface area contributed by atoms with Gasteiger partial charge >= 0.3 is 5.91 Å². The molecule has 3 fully saturated rings. The molecule has 2 aliphatic heterocycles. The van der Waals surface area contributed by atoms with Crippen LogP contribution in [0.3, 0.4) is 0 Å². The molecule has 3 aliphatic rings. The Morgan fingerprint density at radius 2 is 2.03 bits per heavy atom. The zero-order valence-corrected chi connectivity index (χ0v) is 20.7. The van der Waals surface area contributed by atoms with Gasteiger partial charge in [-0.15, -0.1) is 0 Å². The van der Waals surface area contributed by atoms with Crippen molar-refractivity contribution >= 4 is 24.0 Å². The first-order valence-corrected chi connectivity index (χ1v) is 13.0. The van der Waals surface area contributed by atoms with E-state index < -0.39 is 42.1 Å². The summed E-state index contributed by atoms with van der Waals surface area (Å²) >= 11 is 0. The van der Waals surface area contributed by atoms with Gasteiger partial charge in [0.25, 0.3) is 5.82 Å². The van der Waals surface area contributed by atoms with Crippen LogP contribution >= 0.6 is 0 Å². The van der Waals surface area contributed by atoms with E-state index in [1.54, 1.807) is 0 Å². The number of ether oxygens (including phenoxy) is 1. The summed E-state index contributed by atoms with van der Waals surface area (Å²) in [6.45, 7) is 0.216. The van der Waals surface area contributed by atoms with Crippen LogP contribution < -0.4 is 10.0 Å². The molecule has 0 bridgehead atoms. The molecule has 4 rings (SSSR count). The van der Waals surface area contributed by atoms with E-state index in [9.17, 15) is 28.4 Å². The molecule has 0 radical (unpaired) electrons. The van der Waals surface area contributed by atoms with Crippen LogP contribution in [0.2, 0.25) is 0 Å². The highest BCUT2D eigenvalue weighted by Gasteiger charge is 2.44. The van der Waals surface area contributed by atoms with Crippen LogP contribution in [-0.2, 0) is 24.0 Å². The molecule has 0 spiro atoms. The first kappa shape index (κ1) is 27.2. The summed E-state index contributed by atoms with van der Waals surface area (Å²) in [5.41, 5.74) is 0. The molecule has 1 aromatic heterocycles. The Balaban J connectivity index is 1.48. The Bertz CT molecular complexity index is 957. The number of nitrogens with one attached hydrogen (secondary N) is 1. The van der Waals surface area contributed by atoms with Gasteiger partial charge in [0.15, 0.2) is 12.1 Å².